The minimum Gasteiger partial charge on any atom is -0.451 e. The summed E-state index contributed by atoms with van der Waals surface area (Å²) in [7, 11) is 0.963. The molecule has 86 valence electrons. The maximum absolute atomic E-state index is 12.6. The Morgan fingerprint density at radius 1 is 1.25 bits per heavy atom. The van der Waals surface area contributed by atoms with Crippen LogP contribution >= 0.6 is 0 Å². The molecule has 0 aromatic heterocycles. The lowest BCUT2D eigenvalue weighted by molar-refractivity contribution is -0.0582. The van der Waals surface area contributed by atoms with Gasteiger partial charge >= 0.3 is 12.3 Å². The second-order valence-corrected chi connectivity index (χ2v) is 2.79. The second kappa shape index (κ2) is 4.78. The fourth-order valence-electron chi connectivity index (χ4n) is 1.02. The Bertz CT molecular complexity index is 398. The van der Waals surface area contributed by atoms with E-state index in [1.54, 1.807) is 6.07 Å². The van der Waals surface area contributed by atoms with Gasteiger partial charge < -0.3 is 4.74 Å². The van der Waals surface area contributed by atoms with E-state index in [1.807, 2.05) is 0 Å². The average molecular weight is 231 g/mol. The molecule has 0 radical (unpaired) electrons. The van der Waals surface area contributed by atoms with E-state index in [4.69, 9.17) is 0 Å². The molecule has 0 heterocycles. The number of benzene rings is 1. The van der Waals surface area contributed by atoms with Crippen molar-refractivity contribution in [3.8, 4) is 0 Å². The lowest BCUT2D eigenvalue weighted by atomic mass is 10.1. The zero-order valence-corrected chi connectivity index (χ0v) is 8.28. The Balaban J connectivity index is 3.18. The van der Waals surface area contributed by atoms with Gasteiger partial charge in [0.15, 0.2) is 5.71 Å². The maximum atomic E-state index is 12.6. The summed E-state index contributed by atoms with van der Waals surface area (Å²) in [5.74, 6) is 0. The highest BCUT2D eigenvalue weighted by Crippen LogP contribution is 2.22. The molecule has 0 saturated carbocycles. The quantitative estimate of drug-likeness (QED) is 0.697. The molecule has 16 heavy (non-hydrogen) atoms. The molecule has 1 amide bonds. The van der Waals surface area contributed by atoms with Crippen molar-refractivity contribution in [2.45, 2.75) is 6.18 Å². The molecule has 0 aliphatic heterocycles. The second-order valence-electron chi connectivity index (χ2n) is 2.79. The molecule has 6 heteroatoms. The van der Waals surface area contributed by atoms with Crippen molar-refractivity contribution in [1.29, 1.82) is 0 Å². The molecule has 0 spiro atoms. The number of halogens is 3. The molecule has 0 bridgehead atoms. The number of ether oxygens (including phenoxy) is 1. The normalized spacial score (nSPS) is 12.4. The molecule has 0 saturated heterocycles. The van der Waals surface area contributed by atoms with Gasteiger partial charge in [-0.2, -0.15) is 18.2 Å². The summed E-state index contributed by atoms with van der Waals surface area (Å²) in [5.41, 5.74) is -1.44. The summed E-state index contributed by atoms with van der Waals surface area (Å²) in [6.45, 7) is 0. The van der Waals surface area contributed by atoms with Gasteiger partial charge in [0.1, 0.15) is 0 Å². The zero-order chi connectivity index (χ0) is 12.2. The van der Waals surface area contributed by atoms with Crippen LogP contribution in [0, 0.1) is 0 Å². The zero-order valence-electron chi connectivity index (χ0n) is 8.28. The molecular weight excluding hydrogens is 223 g/mol. The third kappa shape index (κ3) is 3.08. The summed E-state index contributed by atoms with van der Waals surface area (Å²) < 4.78 is 41.8. The van der Waals surface area contributed by atoms with E-state index in [-0.39, 0.29) is 5.56 Å². The highest BCUT2D eigenvalue weighted by atomic mass is 19.4. The van der Waals surface area contributed by atoms with Crippen LogP contribution in [0.2, 0.25) is 0 Å². The largest absolute Gasteiger partial charge is 0.451 e. The minimum atomic E-state index is -4.70. The topological polar surface area (TPSA) is 38.7 Å². The van der Waals surface area contributed by atoms with Gasteiger partial charge in [-0.15, -0.1) is 0 Å². The van der Waals surface area contributed by atoms with Crippen molar-refractivity contribution < 1.29 is 22.7 Å². The molecule has 0 fully saturated rings. The van der Waals surface area contributed by atoms with E-state index >= 15 is 0 Å². The van der Waals surface area contributed by atoms with Crippen LogP contribution < -0.4 is 0 Å². The van der Waals surface area contributed by atoms with Crippen molar-refractivity contribution in [1.82, 2.24) is 0 Å². The first-order chi connectivity index (χ1) is 7.45. The number of carbonyl (C=O) groups is 1. The average Bonchev–Trinajstić information content (AvgIpc) is 2.25. The van der Waals surface area contributed by atoms with Crippen LogP contribution in [-0.2, 0) is 4.74 Å². The van der Waals surface area contributed by atoms with Gasteiger partial charge in [0.05, 0.1) is 7.11 Å². The van der Waals surface area contributed by atoms with Crippen LogP contribution in [0.3, 0.4) is 0 Å². The number of methoxy groups -OCH3 is 1. The highest BCUT2D eigenvalue weighted by Gasteiger charge is 2.37. The Morgan fingerprint density at radius 2 is 1.81 bits per heavy atom. The summed E-state index contributed by atoms with van der Waals surface area (Å²) in [6.07, 6.45) is -5.98. The minimum absolute atomic E-state index is 0.180. The lowest BCUT2D eigenvalue weighted by Gasteiger charge is -2.09. The van der Waals surface area contributed by atoms with Crippen LogP contribution in [0.5, 0.6) is 0 Å². The Hall–Kier alpha value is -1.85. The number of alkyl halides is 3. The molecule has 0 unspecified atom stereocenters. The third-order valence-electron chi connectivity index (χ3n) is 1.69. The van der Waals surface area contributed by atoms with Crippen molar-refractivity contribution in [3.05, 3.63) is 35.9 Å². The monoisotopic (exact) mass is 231 g/mol. The summed E-state index contributed by atoms with van der Waals surface area (Å²) >= 11 is 0. The smallest absolute Gasteiger partial charge is 0.434 e. The molecule has 3 nitrogen and oxygen atoms in total. The molecule has 0 N–H and O–H groups in total. The third-order valence-corrected chi connectivity index (χ3v) is 1.69. The predicted octanol–water partition coefficient (Wildman–Crippen LogP) is 2.80. The first-order valence-corrected chi connectivity index (χ1v) is 4.24. The SMILES string of the molecule is COC(=O)/N=C(\c1ccccc1)C(F)(F)F. The molecule has 1 aromatic carbocycles. The van der Waals surface area contributed by atoms with Crippen LogP contribution in [0.4, 0.5) is 18.0 Å². The van der Waals surface area contributed by atoms with E-state index in [0.717, 1.165) is 7.11 Å². The van der Waals surface area contributed by atoms with Crippen LogP contribution in [0.25, 0.3) is 0 Å². The van der Waals surface area contributed by atoms with Gasteiger partial charge in [-0.05, 0) is 0 Å². The number of amides is 1. The molecule has 0 aliphatic rings. The van der Waals surface area contributed by atoms with E-state index in [0.29, 0.717) is 0 Å². The van der Waals surface area contributed by atoms with E-state index < -0.39 is 18.0 Å². The summed E-state index contributed by atoms with van der Waals surface area (Å²) in [5, 5.41) is 0. The first kappa shape index (κ1) is 12.2. The van der Waals surface area contributed by atoms with Crippen LogP contribution in [-0.4, -0.2) is 25.1 Å². The Kier molecular flexibility index (Phi) is 3.65. The van der Waals surface area contributed by atoms with Crippen molar-refractivity contribution in [3.63, 3.8) is 0 Å². The highest BCUT2D eigenvalue weighted by molar-refractivity contribution is 6.08. The van der Waals surface area contributed by atoms with Gasteiger partial charge in [-0.1, -0.05) is 30.3 Å². The van der Waals surface area contributed by atoms with E-state index in [9.17, 15) is 18.0 Å². The number of rotatable bonds is 1. The number of hydrogen-bond donors (Lipinski definition) is 0. The summed E-state index contributed by atoms with van der Waals surface area (Å²) in [4.78, 5) is 13.6. The summed E-state index contributed by atoms with van der Waals surface area (Å²) in [6, 6.07) is 6.85. The van der Waals surface area contributed by atoms with Crippen molar-refractivity contribution in [2.75, 3.05) is 7.11 Å². The van der Waals surface area contributed by atoms with Gasteiger partial charge in [0, 0.05) is 5.56 Å². The van der Waals surface area contributed by atoms with Gasteiger partial charge in [-0.25, -0.2) is 4.79 Å². The van der Waals surface area contributed by atoms with Crippen LogP contribution in [0.15, 0.2) is 35.3 Å². The molecule has 1 rings (SSSR count). The van der Waals surface area contributed by atoms with Crippen LogP contribution in [0.1, 0.15) is 5.56 Å². The Morgan fingerprint density at radius 3 is 2.25 bits per heavy atom. The van der Waals surface area contributed by atoms with Gasteiger partial charge in [0.2, 0.25) is 0 Å². The first-order valence-electron chi connectivity index (χ1n) is 4.24. The molecular formula is C10H8F3NO2. The molecule has 0 aliphatic carbocycles. The number of hydrogen-bond acceptors (Lipinski definition) is 2. The van der Waals surface area contributed by atoms with Crippen molar-refractivity contribution >= 4 is 11.8 Å². The fourth-order valence-corrected chi connectivity index (χ4v) is 1.02. The standard InChI is InChI=1S/C10H8F3NO2/c1-16-9(15)14-8(10(11,12)13)7-5-3-2-4-6-7/h2-6H,1H3/b14-8+. The number of aliphatic imine (C=N–C) groups is 1. The van der Waals surface area contributed by atoms with E-state index in [2.05, 4.69) is 9.73 Å². The Labute approximate surface area is 89.6 Å². The predicted molar refractivity (Wildman–Crippen MR) is 51.4 cm³/mol. The van der Waals surface area contributed by atoms with E-state index in [1.165, 1.54) is 24.3 Å². The van der Waals surface area contributed by atoms with Gasteiger partial charge in [-0.3, -0.25) is 0 Å². The maximum Gasteiger partial charge on any atom is 0.434 e. The molecule has 1 aromatic rings. The molecule has 0 atom stereocenters. The lowest BCUT2D eigenvalue weighted by Crippen LogP contribution is -2.25. The number of nitrogens with zero attached hydrogens (tertiary/aromatic N) is 1. The van der Waals surface area contributed by atoms with Gasteiger partial charge in [0.25, 0.3) is 0 Å². The van der Waals surface area contributed by atoms with Crippen molar-refractivity contribution in [2.24, 2.45) is 4.99 Å². The fraction of sp³-hybridized carbons (Fsp3) is 0.200. The number of carbonyl (C=O) groups excluding carboxylic acids is 1.